The maximum Gasteiger partial charge on any atom is 0.142 e. The first kappa shape index (κ1) is 15.3. The zero-order chi connectivity index (χ0) is 15.2. The molecular formula is C17H24N4. The highest BCUT2D eigenvalue weighted by molar-refractivity contribution is 5.68. The minimum Gasteiger partial charge on any atom is -0.370 e. The molecular weight excluding hydrogens is 260 g/mol. The standard InChI is InChI=1S/C17H24N4/c1-5-18-16-15(13(3)4)17(20-12-19-16)21(6-2)14-10-8-7-9-11-14/h7-13H,5-6H2,1-4H3,(H,18,19,20). The Bertz CT molecular complexity index is 566. The Kier molecular flexibility index (Phi) is 5.14. The van der Waals surface area contributed by atoms with Crippen molar-refractivity contribution in [2.45, 2.75) is 33.6 Å². The summed E-state index contributed by atoms with van der Waals surface area (Å²) in [7, 11) is 0. The zero-order valence-corrected chi connectivity index (χ0v) is 13.3. The zero-order valence-electron chi connectivity index (χ0n) is 13.3. The summed E-state index contributed by atoms with van der Waals surface area (Å²) in [6.45, 7) is 10.3. The molecule has 0 aliphatic heterocycles. The number of aromatic nitrogens is 2. The van der Waals surface area contributed by atoms with Gasteiger partial charge in [0.2, 0.25) is 0 Å². The monoisotopic (exact) mass is 284 g/mol. The van der Waals surface area contributed by atoms with Crippen molar-refractivity contribution in [1.82, 2.24) is 9.97 Å². The molecule has 0 saturated carbocycles. The van der Waals surface area contributed by atoms with Crippen molar-refractivity contribution in [3.8, 4) is 0 Å². The van der Waals surface area contributed by atoms with Gasteiger partial charge in [-0.25, -0.2) is 9.97 Å². The van der Waals surface area contributed by atoms with Crippen molar-refractivity contribution in [2.75, 3.05) is 23.3 Å². The summed E-state index contributed by atoms with van der Waals surface area (Å²) in [4.78, 5) is 11.2. The average molecular weight is 284 g/mol. The first-order valence-electron chi connectivity index (χ1n) is 7.60. The van der Waals surface area contributed by atoms with E-state index >= 15 is 0 Å². The Morgan fingerprint density at radius 2 is 1.81 bits per heavy atom. The molecule has 0 spiro atoms. The Morgan fingerprint density at radius 3 is 2.38 bits per heavy atom. The first-order chi connectivity index (χ1) is 10.2. The van der Waals surface area contributed by atoms with Crippen molar-refractivity contribution >= 4 is 17.3 Å². The van der Waals surface area contributed by atoms with E-state index in [9.17, 15) is 0 Å². The number of hydrogen-bond donors (Lipinski definition) is 1. The molecule has 1 aromatic heterocycles. The van der Waals surface area contributed by atoms with Gasteiger partial charge in [-0.15, -0.1) is 0 Å². The van der Waals surface area contributed by atoms with Crippen LogP contribution in [0.2, 0.25) is 0 Å². The number of anilines is 3. The van der Waals surface area contributed by atoms with Crippen molar-refractivity contribution in [3.05, 3.63) is 42.2 Å². The second kappa shape index (κ2) is 7.07. The molecule has 0 radical (unpaired) electrons. The van der Waals surface area contributed by atoms with E-state index in [1.165, 1.54) is 5.56 Å². The molecule has 1 aromatic carbocycles. The van der Waals surface area contributed by atoms with Gasteiger partial charge in [0, 0.05) is 24.3 Å². The number of para-hydroxylation sites is 1. The number of hydrogen-bond acceptors (Lipinski definition) is 4. The Hall–Kier alpha value is -2.10. The van der Waals surface area contributed by atoms with E-state index in [2.05, 4.69) is 72.1 Å². The van der Waals surface area contributed by atoms with E-state index in [-0.39, 0.29) is 0 Å². The second-order valence-electron chi connectivity index (χ2n) is 5.22. The fourth-order valence-electron chi connectivity index (χ4n) is 2.50. The predicted octanol–water partition coefficient (Wildman–Crippen LogP) is 4.19. The van der Waals surface area contributed by atoms with Gasteiger partial charge < -0.3 is 10.2 Å². The van der Waals surface area contributed by atoms with Crippen LogP contribution in [0.25, 0.3) is 0 Å². The van der Waals surface area contributed by atoms with Gasteiger partial charge in [-0.3, -0.25) is 0 Å². The molecule has 1 N–H and O–H groups in total. The van der Waals surface area contributed by atoms with Gasteiger partial charge >= 0.3 is 0 Å². The molecule has 0 amide bonds. The van der Waals surface area contributed by atoms with E-state index in [1.807, 2.05) is 6.07 Å². The normalized spacial score (nSPS) is 10.7. The highest BCUT2D eigenvalue weighted by atomic mass is 15.2. The van der Waals surface area contributed by atoms with Gasteiger partial charge in [-0.1, -0.05) is 32.0 Å². The third kappa shape index (κ3) is 3.32. The minimum atomic E-state index is 0.355. The van der Waals surface area contributed by atoms with Crippen LogP contribution >= 0.6 is 0 Å². The van der Waals surface area contributed by atoms with Crippen molar-refractivity contribution in [3.63, 3.8) is 0 Å². The molecule has 0 atom stereocenters. The van der Waals surface area contributed by atoms with Gasteiger partial charge in [0.05, 0.1) is 0 Å². The summed E-state index contributed by atoms with van der Waals surface area (Å²) in [5, 5.41) is 3.35. The van der Waals surface area contributed by atoms with Crippen LogP contribution in [0.5, 0.6) is 0 Å². The van der Waals surface area contributed by atoms with E-state index in [1.54, 1.807) is 6.33 Å². The van der Waals surface area contributed by atoms with Gasteiger partial charge in [-0.05, 0) is 31.9 Å². The molecule has 0 aliphatic rings. The van der Waals surface area contributed by atoms with Crippen LogP contribution in [0.4, 0.5) is 17.3 Å². The fourth-order valence-corrected chi connectivity index (χ4v) is 2.50. The molecule has 112 valence electrons. The number of benzene rings is 1. The SMILES string of the molecule is CCNc1ncnc(N(CC)c2ccccc2)c1C(C)C. The highest BCUT2D eigenvalue weighted by Gasteiger charge is 2.19. The molecule has 0 unspecified atom stereocenters. The number of rotatable bonds is 6. The largest absolute Gasteiger partial charge is 0.370 e. The molecule has 0 saturated heterocycles. The lowest BCUT2D eigenvalue weighted by molar-refractivity contribution is 0.829. The van der Waals surface area contributed by atoms with Crippen molar-refractivity contribution in [1.29, 1.82) is 0 Å². The summed E-state index contributed by atoms with van der Waals surface area (Å²) in [5.74, 6) is 2.28. The second-order valence-corrected chi connectivity index (χ2v) is 5.22. The summed E-state index contributed by atoms with van der Waals surface area (Å²) in [6, 6.07) is 10.4. The van der Waals surface area contributed by atoms with Gasteiger partial charge in [0.25, 0.3) is 0 Å². The van der Waals surface area contributed by atoms with E-state index in [4.69, 9.17) is 0 Å². The molecule has 0 bridgehead atoms. The third-order valence-electron chi connectivity index (χ3n) is 3.42. The molecule has 1 heterocycles. The van der Waals surface area contributed by atoms with Crippen molar-refractivity contribution in [2.24, 2.45) is 0 Å². The maximum absolute atomic E-state index is 4.57. The molecule has 4 heteroatoms. The number of nitrogens with one attached hydrogen (secondary N) is 1. The van der Waals surface area contributed by atoms with Gasteiger partial charge in [-0.2, -0.15) is 0 Å². The highest BCUT2D eigenvalue weighted by Crippen LogP contribution is 2.34. The van der Waals surface area contributed by atoms with Crippen LogP contribution in [0.3, 0.4) is 0 Å². The smallest absolute Gasteiger partial charge is 0.142 e. The lowest BCUT2D eigenvalue weighted by Crippen LogP contribution is -2.21. The number of nitrogens with zero attached hydrogens (tertiary/aromatic N) is 3. The van der Waals surface area contributed by atoms with E-state index in [0.29, 0.717) is 5.92 Å². The van der Waals surface area contributed by atoms with Crippen LogP contribution in [0.1, 0.15) is 39.2 Å². The average Bonchev–Trinajstić information content (AvgIpc) is 2.49. The van der Waals surface area contributed by atoms with E-state index in [0.717, 1.165) is 30.4 Å². The van der Waals surface area contributed by atoms with Crippen molar-refractivity contribution < 1.29 is 0 Å². The van der Waals surface area contributed by atoms with Crippen LogP contribution in [0, 0.1) is 0 Å². The molecule has 21 heavy (non-hydrogen) atoms. The molecule has 4 nitrogen and oxygen atoms in total. The van der Waals surface area contributed by atoms with Crippen LogP contribution < -0.4 is 10.2 Å². The predicted molar refractivity (Wildman–Crippen MR) is 89.4 cm³/mol. The summed E-state index contributed by atoms with van der Waals surface area (Å²) in [6.07, 6.45) is 1.64. The maximum atomic E-state index is 4.57. The van der Waals surface area contributed by atoms with Crippen LogP contribution in [-0.2, 0) is 0 Å². The molecule has 2 rings (SSSR count). The minimum absolute atomic E-state index is 0.355. The summed E-state index contributed by atoms with van der Waals surface area (Å²) in [5.41, 5.74) is 2.33. The third-order valence-corrected chi connectivity index (χ3v) is 3.42. The summed E-state index contributed by atoms with van der Waals surface area (Å²) < 4.78 is 0. The quantitative estimate of drug-likeness (QED) is 0.863. The molecule has 2 aromatic rings. The van der Waals surface area contributed by atoms with Gasteiger partial charge in [0.1, 0.15) is 18.0 Å². The lowest BCUT2D eigenvalue weighted by Gasteiger charge is -2.27. The Morgan fingerprint density at radius 1 is 1.10 bits per heavy atom. The lowest BCUT2D eigenvalue weighted by atomic mass is 10.0. The van der Waals surface area contributed by atoms with Gasteiger partial charge in [0.15, 0.2) is 0 Å². The first-order valence-corrected chi connectivity index (χ1v) is 7.60. The Labute approximate surface area is 127 Å². The van der Waals surface area contributed by atoms with Crippen LogP contribution in [0.15, 0.2) is 36.7 Å². The molecule has 0 aliphatic carbocycles. The summed E-state index contributed by atoms with van der Waals surface area (Å²) >= 11 is 0. The topological polar surface area (TPSA) is 41.1 Å². The Balaban J connectivity index is 2.53. The molecule has 0 fully saturated rings. The van der Waals surface area contributed by atoms with E-state index < -0.39 is 0 Å². The fraction of sp³-hybridized carbons (Fsp3) is 0.412. The van der Waals surface area contributed by atoms with Crippen LogP contribution in [-0.4, -0.2) is 23.1 Å².